The van der Waals surface area contributed by atoms with Crippen LogP contribution in [0.15, 0.2) is 0 Å². The van der Waals surface area contributed by atoms with Crippen molar-refractivity contribution >= 4 is 20.5 Å². The van der Waals surface area contributed by atoms with E-state index in [-0.39, 0.29) is 0 Å². The summed E-state index contributed by atoms with van der Waals surface area (Å²) in [4.78, 5) is 3.42. The molecule has 0 aliphatic heterocycles. The molecule has 0 radical (unpaired) electrons. The summed E-state index contributed by atoms with van der Waals surface area (Å²) in [5, 5.41) is 0. The largest absolute Gasteiger partial charge is 0.524 e. The highest BCUT2D eigenvalue weighted by molar-refractivity contribution is 7.98. The maximum atomic E-state index is 11.5. The van der Waals surface area contributed by atoms with E-state index in [4.69, 9.17) is 0 Å². The molecule has 0 saturated carbocycles. The Kier molecular flexibility index (Phi) is 3.85. The number of halogens is 3. The van der Waals surface area contributed by atoms with Gasteiger partial charge in [0.15, 0.2) is 0 Å². The highest BCUT2D eigenvalue weighted by atomic mass is 32.3. The molecule has 86 valence electrons. The standard InChI is InChI=1S/C2H3F3O7S2/c1-10-11-14(8,9)12-13(6,7)2(3,4)5/h1H3. The molecular formula is C2H3F3O7S2. The highest BCUT2D eigenvalue weighted by Crippen LogP contribution is 2.26. The number of rotatable bonds is 4. The predicted octanol–water partition coefficient (Wildman–Crippen LogP) is -0.325. The molecule has 0 aliphatic carbocycles. The van der Waals surface area contributed by atoms with Crippen molar-refractivity contribution in [1.82, 2.24) is 0 Å². The summed E-state index contributed by atoms with van der Waals surface area (Å²) >= 11 is 0. The zero-order chi connectivity index (χ0) is 11.6. The van der Waals surface area contributed by atoms with E-state index in [0.717, 1.165) is 0 Å². The first-order valence-electron chi connectivity index (χ1n) is 2.51. The first-order valence-corrected chi connectivity index (χ1v) is 5.25. The molecule has 0 unspecified atom stereocenters. The number of hydrogen-bond donors (Lipinski definition) is 0. The van der Waals surface area contributed by atoms with E-state index in [1.165, 1.54) is 0 Å². The van der Waals surface area contributed by atoms with E-state index in [9.17, 15) is 30.0 Å². The van der Waals surface area contributed by atoms with Gasteiger partial charge < -0.3 is 0 Å². The van der Waals surface area contributed by atoms with E-state index >= 15 is 0 Å². The van der Waals surface area contributed by atoms with Crippen LogP contribution in [0.2, 0.25) is 0 Å². The van der Waals surface area contributed by atoms with Crippen molar-refractivity contribution in [3.63, 3.8) is 0 Å². The second kappa shape index (κ2) is 3.98. The second-order valence-corrected chi connectivity index (χ2v) is 4.48. The Morgan fingerprint density at radius 3 is 1.79 bits per heavy atom. The van der Waals surface area contributed by atoms with Crippen molar-refractivity contribution in [3.05, 3.63) is 0 Å². The molecule has 12 heteroatoms. The fourth-order valence-corrected chi connectivity index (χ4v) is 1.69. The molecule has 0 amide bonds. The normalized spacial score (nSPS) is 14.3. The van der Waals surface area contributed by atoms with Gasteiger partial charge in [0.1, 0.15) is 0 Å². The first kappa shape index (κ1) is 13.6. The van der Waals surface area contributed by atoms with Gasteiger partial charge in [0.2, 0.25) is 0 Å². The van der Waals surface area contributed by atoms with Gasteiger partial charge >= 0.3 is 26.0 Å². The molecule has 0 N–H and O–H groups in total. The summed E-state index contributed by atoms with van der Waals surface area (Å²) in [6, 6.07) is 0. The van der Waals surface area contributed by atoms with Crippen molar-refractivity contribution in [2.75, 3.05) is 7.11 Å². The van der Waals surface area contributed by atoms with Crippen molar-refractivity contribution < 1.29 is 42.9 Å². The molecule has 0 aromatic rings. The Hall–Kier alpha value is -0.430. The third-order valence-electron chi connectivity index (χ3n) is 0.608. The Balaban J connectivity index is 4.89. The number of alkyl halides is 3. The minimum Gasteiger partial charge on any atom is -0.221 e. The summed E-state index contributed by atoms with van der Waals surface area (Å²) in [6.45, 7) is 0. The van der Waals surface area contributed by atoms with E-state index in [0.29, 0.717) is 7.11 Å². The molecule has 0 heterocycles. The van der Waals surface area contributed by atoms with Crippen LogP contribution in [0.5, 0.6) is 0 Å². The van der Waals surface area contributed by atoms with Crippen LogP contribution in [-0.2, 0) is 33.4 Å². The topological polar surface area (TPSA) is 96.0 Å². The van der Waals surface area contributed by atoms with Crippen LogP contribution in [0, 0.1) is 0 Å². The van der Waals surface area contributed by atoms with Crippen LogP contribution >= 0.6 is 0 Å². The fraction of sp³-hybridized carbons (Fsp3) is 1.00. The molecule has 0 aliphatic rings. The molecule has 0 spiro atoms. The number of hydrogen-bond acceptors (Lipinski definition) is 7. The molecule has 0 aromatic heterocycles. The first-order chi connectivity index (χ1) is 6.02. The third-order valence-corrected chi connectivity index (χ3v) is 2.86. The zero-order valence-corrected chi connectivity index (χ0v) is 7.94. The summed E-state index contributed by atoms with van der Waals surface area (Å²) in [7, 11) is -11.0. The monoisotopic (exact) mass is 260 g/mol. The average Bonchev–Trinajstić information content (AvgIpc) is 1.80. The highest BCUT2D eigenvalue weighted by Gasteiger charge is 2.50. The van der Waals surface area contributed by atoms with E-state index in [2.05, 4.69) is 12.9 Å². The summed E-state index contributed by atoms with van der Waals surface area (Å²) in [6.07, 6.45) is 0. The maximum absolute atomic E-state index is 11.5. The van der Waals surface area contributed by atoms with Crippen LogP contribution in [0.1, 0.15) is 0 Å². The lowest BCUT2D eigenvalue weighted by Gasteiger charge is -2.06. The van der Waals surface area contributed by atoms with Gasteiger partial charge in [0.25, 0.3) is 0 Å². The molecule has 0 aromatic carbocycles. The van der Waals surface area contributed by atoms with Crippen molar-refractivity contribution in [2.24, 2.45) is 0 Å². The Morgan fingerprint density at radius 2 is 1.50 bits per heavy atom. The van der Waals surface area contributed by atoms with Crippen LogP contribution in [-0.4, -0.2) is 29.5 Å². The fourth-order valence-electron chi connectivity index (χ4n) is 0.243. The van der Waals surface area contributed by atoms with Crippen LogP contribution in [0.3, 0.4) is 0 Å². The SMILES string of the molecule is COOS(=O)(=O)OS(=O)(=O)C(F)(F)F. The van der Waals surface area contributed by atoms with Gasteiger partial charge in [-0.25, -0.2) is 4.89 Å². The quantitative estimate of drug-likeness (QED) is 0.388. The van der Waals surface area contributed by atoms with E-state index in [1.54, 1.807) is 0 Å². The van der Waals surface area contributed by atoms with Crippen LogP contribution in [0.4, 0.5) is 13.2 Å². The molecular weight excluding hydrogens is 257 g/mol. The lowest BCUT2D eigenvalue weighted by atomic mass is 11.6. The van der Waals surface area contributed by atoms with Crippen LogP contribution < -0.4 is 0 Å². The molecule has 0 atom stereocenters. The van der Waals surface area contributed by atoms with E-state index in [1.807, 2.05) is 0 Å². The van der Waals surface area contributed by atoms with Crippen molar-refractivity contribution in [2.45, 2.75) is 5.51 Å². The lowest BCUT2D eigenvalue weighted by Crippen LogP contribution is -2.28. The summed E-state index contributed by atoms with van der Waals surface area (Å²) < 4.78 is 81.1. The minimum atomic E-state index is -6.27. The lowest BCUT2D eigenvalue weighted by molar-refractivity contribution is -0.178. The summed E-state index contributed by atoms with van der Waals surface area (Å²) in [5.41, 5.74) is -5.86. The van der Waals surface area contributed by atoms with Gasteiger partial charge in [-0.3, -0.25) is 0 Å². The van der Waals surface area contributed by atoms with Gasteiger partial charge in [-0.15, -0.1) is 3.63 Å². The Morgan fingerprint density at radius 1 is 1.07 bits per heavy atom. The molecule has 0 bridgehead atoms. The maximum Gasteiger partial charge on any atom is 0.524 e. The molecule has 0 fully saturated rings. The predicted molar refractivity (Wildman–Crippen MR) is 33.1 cm³/mol. The Bertz CT molecular complexity index is 376. The van der Waals surface area contributed by atoms with Crippen molar-refractivity contribution in [3.8, 4) is 0 Å². The third kappa shape index (κ3) is 3.75. The second-order valence-electron chi connectivity index (χ2n) is 1.61. The van der Waals surface area contributed by atoms with Gasteiger partial charge in [0, 0.05) is 0 Å². The summed E-state index contributed by atoms with van der Waals surface area (Å²) in [5.74, 6) is 0. The zero-order valence-electron chi connectivity index (χ0n) is 6.31. The molecule has 14 heavy (non-hydrogen) atoms. The van der Waals surface area contributed by atoms with Gasteiger partial charge in [-0.2, -0.15) is 30.0 Å². The van der Waals surface area contributed by atoms with Crippen molar-refractivity contribution in [1.29, 1.82) is 0 Å². The van der Waals surface area contributed by atoms with Gasteiger partial charge in [-0.1, -0.05) is 4.33 Å². The van der Waals surface area contributed by atoms with Gasteiger partial charge in [0.05, 0.1) is 7.11 Å². The molecule has 0 rings (SSSR count). The molecule has 7 nitrogen and oxygen atoms in total. The van der Waals surface area contributed by atoms with Gasteiger partial charge in [-0.05, 0) is 0 Å². The smallest absolute Gasteiger partial charge is 0.221 e. The average molecular weight is 260 g/mol. The molecule has 0 saturated heterocycles. The minimum absolute atomic E-state index is 0.626. The van der Waals surface area contributed by atoms with Crippen LogP contribution in [0.25, 0.3) is 0 Å². The van der Waals surface area contributed by atoms with E-state index < -0.39 is 26.0 Å². The Labute approximate surface area is 76.7 Å².